The molecule has 0 aromatic carbocycles. The van der Waals surface area contributed by atoms with Crippen molar-refractivity contribution in [2.75, 3.05) is 13.2 Å². The first-order valence-electron chi connectivity index (χ1n) is 12.7. The summed E-state index contributed by atoms with van der Waals surface area (Å²) in [7, 11) is 0. The zero-order valence-electron chi connectivity index (χ0n) is 20.7. The van der Waals surface area contributed by atoms with Crippen LogP contribution >= 0.6 is 0 Å². The van der Waals surface area contributed by atoms with Crippen molar-refractivity contribution >= 4 is 11.9 Å². The van der Waals surface area contributed by atoms with E-state index < -0.39 is 0 Å². The molecule has 0 aliphatic rings. The van der Waals surface area contributed by atoms with Gasteiger partial charge in [0, 0.05) is 0 Å². The molecule has 4 heteroatoms. The Kier molecular flexibility index (Phi) is 19.2. The second kappa shape index (κ2) is 19.9. The number of carbonyl (C=O) groups excluding carboxylic acids is 2. The smallest absolute Gasteiger partial charge is 0.309 e. The van der Waals surface area contributed by atoms with Gasteiger partial charge in [-0.15, -0.1) is 0 Å². The van der Waals surface area contributed by atoms with Crippen molar-refractivity contribution in [3.63, 3.8) is 0 Å². The lowest BCUT2D eigenvalue weighted by atomic mass is 9.97. The van der Waals surface area contributed by atoms with E-state index in [1.807, 2.05) is 0 Å². The van der Waals surface area contributed by atoms with Gasteiger partial charge in [0.25, 0.3) is 0 Å². The van der Waals surface area contributed by atoms with E-state index in [1.54, 1.807) is 0 Å². The molecule has 0 heterocycles. The van der Waals surface area contributed by atoms with Gasteiger partial charge in [0.05, 0.1) is 25.6 Å². The summed E-state index contributed by atoms with van der Waals surface area (Å²) in [4.78, 5) is 24.7. The summed E-state index contributed by atoms with van der Waals surface area (Å²) < 4.78 is 10.8. The highest BCUT2D eigenvalue weighted by Crippen LogP contribution is 2.19. The molecule has 178 valence electrons. The standard InChI is InChI=1S/C26H50O4/c1-6-7-8-9-10-11-12-13-14-15-16-24(26(28)30-20-18-23(4)5)21-25(27)29-19-17-22(2)3/h22-24H,6-21H2,1-5H3. The van der Waals surface area contributed by atoms with Crippen LogP contribution in [0.3, 0.4) is 0 Å². The summed E-state index contributed by atoms with van der Waals surface area (Å²) in [6, 6.07) is 0. The van der Waals surface area contributed by atoms with Gasteiger partial charge in [0.15, 0.2) is 0 Å². The normalized spacial score (nSPS) is 12.4. The number of hydrogen-bond donors (Lipinski definition) is 0. The third-order valence-corrected chi connectivity index (χ3v) is 5.55. The Labute approximate surface area is 186 Å². The summed E-state index contributed by atoms with van der Waals surface area (Å²) in [6.45, 7) is 11.6. The van der Waals surface area contributed by atoms with E-state index >= 15 is 0 Å². The van der Waals surface area contributed by atoms with E-state index in [9.17, 15) is 9.59 Å². The lowest BCUT2D eigenvalue weighted by Gasteiger charge is -2.16. The number of ether oxygens (including phenoxy) is 2. The SMILES string of the molecule is CCCCCCCCCCCCC(CC(=O)OCCC(C)C)C(=O)OCCC(C)C. The largest absolute Gasteiger partial charge is 0.466 e. The highest BCUT2D eigenvalue weighted by Gasteiger charge is 2.24. The lowest BCUT2D eigenvalue weighted by molar-refractivity contribution is -0.155. The van der Waals surface area contributed by atoms with Crippen LogP contribution in [-0.4, -0.2) is 25.2 Å². The van der Waals surface area contributed by atoms with Gasteiger partial charge in [-0.1, -0.05) is 98.8 Å². The maximum Gasteiger partial charge on any atom is 0.309 e. The minimum absolute atomic E-state index is 0.149. The van der Waals surface area contributed by atoms with Gasteiger partial charge in [-0.3, -0.25) is 9.59 Å². The zero-order chi connectivity index (χ0) is 22.6. The second-order valence-corrected chi connectivity index (χ2v) is 9.62. The van der Waals surface area contributed by atoms with Crippen LogP contribution in [-0.2, 0) is 19.1 Å². The Morgan fingerprint density at radius 3 is 1.60 bits per heavy atom. The molecule has 0 amide bonds. The second-order valence-electron chi connectivity index (χ2n) is 9.62. The van der Waals surface area contributed by atoms with Crippen molar-refractivity contribution in [2.45, 2.75) is 125 Å². The third kappa shape index (κ3) is 18.9. The van der Waals surface area contributed by atoms with Crippen molar-refractivity contribution in [1.82, 2.24) is 0 Å². The summed E-state index contributed by atoms with van der Waals surface area (Å²) in [5.74, 6) is 0.138. The molecule has 0 aliphatic carbocycles. The molecule has 0 aromatic heterocycles. The van der Waals surface area contributed by atoms with E-state index in [-0.39, 0.29) is 24.3 Å². The van der Waals surface area contributed by atoms with E-state index in [4.69, 9.17) is 9.47 Å². The van der Waals surface area contributed by atoms with E-state index in [0.717, 1.165) is 32.1 Å². The molecular formula is C26H50O4. The van der Waals surface area contributed by atoms with Crippen LogP contribution in [0.4, 0.5) is 0 Å². The van der Waals surface area contributed by atoms with Crippen molar-refractivity contribution in [3.8, 4) is 0 Å². The monoisotopic (exact) mass is 426 g/mol. The fourth-order valence-electron chi connectivity index (χ4n) is 3.36. The first-order valence-corrected chi connectivity index (χ1v) is 12.7. The quantitative estimate of drug-likeness (QED) is 0.149. The van der Waals surface area contributed by atoms with Gasteiger partial charge in [-0.2, -0.15) is 0 Å². The molecule has 1 unspecified atom stereocenters. The van der Waals surface area contributed by atoms with Crippen LogP contribution < -0.4 is 0 Å². The molecule has 0 aliphatic heterocycles. The summed E-state index contributed by atoms with van der Waals surface area (Å²) >= 11 is 0. The van der Waals surface area contributed by atoms with Gasteiger partial charge in [0.1, 0.15) is 0 Å². The van der Waals surface area contributed by atoms with Gasteiger partial charge in [0.2, 0.25) is 0 Å². The van der Waals surface area contributed by atoms with Crippen molar-refractivity contribution in [3.05, 3.63) is 0 Å². The zero-order valence-corrected chi connectivity index (χ0v) is 20.7. The summed E-state index contributed by atoms with van der Waals surface area (Å²) in [5.41, 5.74) is 0. The topological polar surface area (TPSA) is 52.6 Å². The van der Waals surface area contributed by atoms with Crippen molar-refractivity contribution < 1.29 is 19.1 Å². The van der Waals surface area contributed by atoms with Gasteiger partial charge < -0.3 is 9.47 Å². The number of carbonyl (C=O) groups is 2. The molecule has 30 heavy (non-hydrogen) atoms. The highest BCUT2D eigenvalue weighted by molar-refractivity contribution is 5.79. The first kappa shape index (κ1) is 28.9. The van der Waals surface area contributed by atoms with Crippen LogP contribution in [0.15, 0.2) is 0 Å². The molecule has 1 atom stereocenters. The summed E-state index contributed by atoms with van der Waals surface area (Å²) in [5, 5.41) is 0. The maximum absolute atomic E-state index is 12.5. The number of hydrogen-bond acceptors (Lipinski definition) is 4. The van der Waals surface area contributed by atoms with Crippen LogP contribution in [0, 0.1) is 17.8 Å². The Morgan fingerprint density at radius 1 is 0.633 bits per heavy atom. The Morgan fingerprint density at radius 2 is 1.10 bits per heavy atom. The van der Waals surface area contributed by atoms with Crippen molar-refractivity contribution in [2.24, 2.45) is 17.8 Å². The van der Waals surface area contributed by atoms with Crippen LogP contribution in [0.5, 0.6) is 0 Å². The van der Waals surface area contributed by atoms with Gasteiger partial charge >= 0.3 is 11.9 Å². The Hall–Kier alpha value is -1.06. The molecule has 0 saturated carbocycles. The lowest BCUT2D eigenvalue weighted by Crippen LogP contribution is -2.23. The molecular weight excluding hydrogens is 376 g/mol. The van der Waals surface area contributed by atoms with E-state index in [0.29, 0.717) is 25.0 Å². The van der Waals surface area contributed by atoms with E-state index in [1.165, 1.54) is 51.4 Å². The highest BCUT2D eigenvalue weighted by atomic mass is 16.5. The average Bonchev–Trinajstić information content (AvgIpc) is 2.67. The predicted molar refractivity (Wildman–Crippen MR) is 125 cm³/mol. The molecule has 0 spiro atoms. The Balaban J connectivity index is 4.19. The fraction of sp³-hybridized carbons (Fsp3) is 0.923. The number of unbranched alkanes of at least 4 members (excludes halogenated alkanes) is 9. The molecule has 0 fully saturated rings. The van der Waals surface area contributed by atoms with Crippen molar-refractivity contribution in [1.29, 1.82) is 0 Å². The molecule has 0 rings (SSSR count). The first-order chi connectivity index (χ1) is 14.4. The number of esters is 2. The van der Waals surface area contributed by atoms with Crippen LogP contribution in [0.2, 0.25) is 0 Å². The molecule has 0 saturated heterocycles. The van der Waals surface area contributed by atoms with Gasteiger partial charge in [-0.05, 0) is 31.1 Å². The molecule has 0 N–H and O–H groups in total. The predicted octanol–water partition coefficient (Wildman–Crippen LogP) is 7.48. The minimum Gasteiger partial charge on any atom is -0.466 e. The van der Waals surface area contributed by atoms with Crippen LogP contribution in [0.25, 0.3) is 0 Å². The Bertz CT molecular complexity index is 417. The average molecular weight is 427 g/mol. The van der Waals surface area contributed by atoms with Gasteiger partial charge in [-0.25, -0.2) is 0 Å². The van der Waals surface area contributed by atoms with Crippen LogP contribution in [0.1, 0.15) is 125 Å². The molecule has 0 aromatic rings. The summed E-state index contributed by atoms with van der Waals surface area (Å²) in [6.07, 6.45) is 15.2. The maximum atomic E-state index is 12.5. The van der Waals surface area contributed by atoms with E-state index in [2.05, 4.69) is 34.6 Å². The fourth-order valence-corrected chi connectivity index (χ4v) is 3.36. The molecule has 0 radical (unpaired) electrons. The third-order valence-electron chi connectivity index (χ3n) is 5.55. The molecule has 0 bridgehead atoms. The number of rotatable bonds is 20. The molecule has 4 nitrogen and oxygen atoms in total. The minimum atomic E-state index is -0.363.